The molecule has 1 unspecified atom stereocenters. The summed E-state index contributed by atoms with van der Waals surface area (Å²) < 4.78 is 0. The van der Waals surface area contributed by atoms with Crippen molar-refractivity contribution < 1.29 is 14.4 Å². The van der Waals surface area contributed by atoms with E-state index in [4.69, 9.17) is 5.73 Å². The van der Waals surface area contributed by atoms with E-state index < -0.39 is 12.1 Å². The van der Waals surface area contributed by atoms with Gasteiger partial charge in [0.1, 0.15) is 6.04 Å². The molecular formula is C15H28N4O3. The Morgan fingerprint density at radius 2 is 1.68 bits per heavy atom. The summed E-state index contributed by atoms with van der Waals surface area (Å²) in [6, 6.07) is -1.22. The van der Waals surface area contributed by atoms with E-state index in [9.17, 15) is 14.4 Å². The summed E-state index contributed by atoms with van der Waals surface area (Å²) in [4.78, 5) is 37.4. The monoisotopic (exact) mass is 312 g/mol. The molecule has 1 saturated heterocycles. The lowest BCUT2D eigenvalue weighted by atomic mass is 10.1. The molecule has 1 heterocycles. The standard InChI is InChI=1S/C15H28N4O3/c1-10(2)13(16)14(21)17-9-12(20)18-11(3)15(22)19-7-5-4-6-8-19/h10-11,13H,4-9,16H2,1-3H3,(H,17,21)(H,18,20)/t11?,13-/m0/s1. The van der Waals surface area contributed by atoms with Gasteiger partial charge in [-0.1, -0.05) is 13.8 Å². The molecule has 0 spiro atoms. The average Bonchev–Trinajstić information content (AvgIpc) is 2.51. The van der Waals surface area contributed by atoms with E-state index in [0.717, 1.165) is 32.4 Å². The number of nitrogens with two attached hydrogens (primary N) is 1. The molecule has 7 heteroatoms. The van der Waals surface area contributed by atoms with Crippen LogP contribution in [0.5, 0.6) is 0 Å². The van der Waals surface area contributed by atoms with Crippen molar-refractivity contribution in [2.45, 2.75) is 52.1 Å². The Bertz CT molecular complexity index is 406. The van der Waals surface area contributed by atoms with Gasteiger partial charge in [0.15, 0.2) is 0 Å². The van der Waals surface area contributed by atoms with Crippen LogP contribution < -0.4 is 16.4 Å². The minimum Gasteiger partial charge on any atom is -0.346 e. The van der Waals surface area contributed by atoms with Crippen molar-refractivity contribution in [3.63, 3.8) is 0 Å². The number of hydrogen-bond acceptors (Lipinski definition) is 4. The third-order valence-electron chi connectivity index (χ3n) is 3.86. The molecule has 0 saturated carbocycles. The molecule has 126 valence electrons. The van der Waals surface area contributed by atoms with Crippen molar-refractivity contribution in [3.05, 3.63) is 0 Å². The van der Waals surface area contributed by atoms with E-state index in [-0.39, 0.29) is 30.2 Å². The molecule has 0 aliphatic carbocycles. The van der Waals surface area contributed by atoms with Crippen molar-refractivity contribution in [3.8, 4) is 0 Å². The van der Waals surface area contributed by atoms with Gasteiger partial charge >= 0.3 is 0 Å². The van der Waals surface area contributed by atoms with Crippen LogP contribution >= 0.6 is 0 Å². The lowest BCUT2D eigenvalue weighted by Gasteiger charge is -2.29. The molecule has 2 atom stereocenters. The Labute approximate surface area is 132 Å². The molecule has 1 fully saturated rings. The number of piperidine rings is 1. The summed E-state index contributed by atoms with van der Waals surface area (Å²) in [6.07, 6.45) is 3.16. The summed E-state index contributed by atoms with van der Waals surface area (Å²) in [5.74, 6) is -0.816. The van der Waals surface area contributed by atoms with E-state index >= 15 is 0 Å². The first-order valence-corrected chi connectivity index (χ1v) is 7.94. The zero-order valence-corrected chi connectivity index (χ0v) is 13.7. The number of likely N-dealkylation sites (tertiary alicyclic amines) is 1. The van der Waals surface area contributed by atoms with Crippen LogP contribution in [0.4, 0.5) is 0 Å². The van der Waals surface area contributed by atoms with Crippen molar-refractivity contribution in [1.29, 1.82) is 0 Å². The molecule has 4 N–H and O–H groups in total. The predicted octanol–water partition coefficient (Wildman–Crippen LogP) is -0.397. The van der Waals surface area contributed by atoms with Gasteiger partial charge in [-0.2, -0.15) is 0 Å². The van der Waals surface area contributed by atoms with Crippen LogP contribution in [-0.2, 0) is 14.4 Å². The molecule has 0 aromatic rings. The first-order chi connectivity index (χ1) is 10.3. The number of hydrogen-bond donors (Lipinski definition) is 3. The highest BCUT2D eigenvalue weighted by Gasteiger charge is 2.24. The molecule has 0 bridgehead atoms. The molecular weight excluding hydrogens is 284 g/mol. The lowest BCUT2D eigenvalue weighted by Crippen LogP contribution is -2.52. The Kier molecular flexibility index (Phi) is 7.31. The van der Waals surface area contributed by atoms with Gasteiger partial charge in [0.2, 0.25) is 17.7 Å². The second kappa shape index (κ2) is 8.73. The van der Waals surface area contributed by atoms with E-state index in [1.54, 1.807) is 11.8 Å². The van der Waals surface area contributed by atoms with E-state index in [1.165, 1.54) is 0 Å². The van der Waals surface area contributed by atoms with E-state index in [0.29, 0.717) is 0 Å². The highest BCUT2D eigenvalue weighted by Crippen LogP contribution is 2.09. The minimum atomic E-state index is -0.639. The minimum absolute atomic E-state index is 0.00247. The second-order valence-corrected chi connectivity index (χ2v) is 6.16. The topological polar surface area (TPSA) is 105 Å². The number of carbonyl (C=O) groups excluding carboxylic acids is 3. The van der Waals surface area contributed by atoms with Crippen molar-refractivity contribution in [2.75, 3.05) is 19.6 Å². The zero-order chi connectivity index (χ0) is 16.7. The zero-order valence-electron chi connectivity index (χ0n) is 13.7. The van der Waals surface area contributed by atoms with Gasteiger partial charge in [-0.15, -0.1) is 0 Å². The SMILES string of the molecule is CC(NC(=O)CNC(=O)[C@@H](N)C(C)C)C(=O)N1CCCCC1. The molecule has 22 heavy (non-hydrogen) atoms. The highest BCUT2D eigenvalue weighted by atomic mass is 16.2. The van der Waals surface area contributed by atoms with Crippen LogP contribution in [0.2, 0.25) is 0 Å². The molecule has 0 aromatic heterocycles. The number of amides is 3. The van der Waals surface area contributed by atoms with Gasteiger partial charge in [-0.05, 0) is 32.1 Å². The smallest absolute Gasteiger partial charge is 0.244 e. The third-order valence-corrected chi connectivity index (χ3v) is 3.86. The molecule has 1 aliphatic rings. The fourth-order valence-electron chi connectivity index (χ4n) is 2.33. The lowest BCUT2D eigenvalue weighted by molar-refractivity contribution is -0.136. The summed E-state index contributed by atoms with van der Waals surface area (Å²) >= 11 is 0. The molecule has 7 nitrogen and oxygen atoms in total. The number of carbonyl (C=O) groups is 3. The van der Waals surface area contributed by atoms with Crippen LogP contribution in [0.25, 0.3) is 0 Å². The van der Waals surface area contributed by atoms with Gasteiger partial charge in [0, 0.05) is 13.1 Å². The van der Waals surface area contributed by atoms with Gasteiger partial charge in [-0.25, -0.2) is 0 Å². The van der Waals surface area contributed by atoms with Gasteiger partial charge in [0.25, 0.3) is 0 Å². The molecule has 0 radical (unpaired) electrons. The molecule has 1 aliphatic heterocycles. The van der Waals surface area contributed by atoms with Crippen LogP contribution in [0.3, 0.4) is 0 Å². The largest absolute Gasteiger partial charge is 0.346 e. The second-order valence-electron chi connectivity index (χ2n) is 6.16. The summed E-state index contributed by atoms with van der Waals surface area (Å²) in [7, 11) is 0. The van der Waals surface area contributed by atoms with Gasteiger partial charge in [0.05, 0.1) is 12.6 Å². The summed E-state index contributed by atoms with van der Waals surface area (Å²) in [6.45, 7) is 6.67. The fourth-order valence-corrected chi connectivity index (χ4v) is 2.33. The number of nitrogens with zero attached hydrogens (tertiary/aromatic N) is 1. The van der Waals surface area contributed by atoms with Crippen molar-refractivity contribution >= 4 is 17.7 Å². The first-order valence-electron chi connectivity index (χ1n) is 7.94. The Balaban J connectivity index is 2.34. The summed E-state index contributed by atoms with van der Waals surface area (Å²) in [5, 5.41) is 5.10. The number of rotatable bonds is 6. The van der Waals surface area contributed by atoms with Gasteiger partial charge in [-0.3, -0.25) is 14.4 Å². The maximum absolute atomic E-state index is 12.2. The van der Waals surface area contributed by atoms with Crippen molar-refractivity contribution in [1.82, 2.24) is 15.5 Å². The van der Waals surface area contributed by atoms with E-state index in [1.807, 2.05) is 13.8 Å². The van der Waals surface area contributed by atoms with Crippen LogP contribution in [0.15, 0.2) is 0 Å². The Hall–Kier alpha value is -1.63. The maximum atomic E-state index is 12.2. The Morgan fingerprint density at radius 1 is 1.09 bits per heavy atom. The fraction of sp³-hybridized carbons (Fsp3) is 0.800. The quantitative estimate of drug-likeness (QED) is 0.621. The van der Waals surface area contributed by atoms with Crippen LogP contribution in [0, 0.1) is 5.92 Å². The average molecular weight is 312 g/mol. The molecule has 1 rings (SSSR count). The predicted molar refractivity (Wildman–Crippen MR) is 83.9 cm³/mol. The van der Waals surface area contributed by atoms with Crippen LogP contribution in [-0.4, -0.2) is 54.3 Å². The van der Waals surface area contributed by atoms with Crippen molar-refractivity contribution in [2.24, 2.45) is 11.7 Å². The molecule has 0 aromatic carbocycles. The number of nitrogens with one attached hydrogen (secondary N) is 2. The third kappa shape index (κ3) is 5.63. The van der Waals surface area contributed by atoms with Gasteiger partial charge < -0.3 is 21.3 Å². The highest BCUT2D eigenvalue weighted by molar-refractivity contribution is 5.90. The van der Waals surface area contributed by atoms with E-state index in [2.05, 4.69) is 10.6 Å². The Morgan fingerprint density at radius 3 is 2.23 bits per heavy atom. The first kappa shape index (κ1) is 18.4. The van der Waals surface area contributed by atoms with Crippen LogP contribution in [0.1, 0.15) is 40.0 Å². The normalized spacial score (nSPS) is 17.8. The summed E-state index contributed by atoms with van der Waals surface area (Å²) in [5.41, 5.74) is 5.69. The maximum Gasteiger partial charge on any atom is 0.244 e. The molecule has 3 amide bonds.